The molecule has 2 N–H and O–H groups in total. The Morgan fingerprint density at radius 1 is 1.08 bits per heavy atom. The van der Waals surface area contributed by atoms with Crippen LogP contribution < -0.4 is 24.8 Å². The lowest BCUT2D eigenvalue weighted by Crippen LogP contribution is -2.58. The molecule has 0 saturated carbocycles. The van der Waals surface area contributed by atoms with Crippen molar-refractivity contribution in [2.24, 2.45) is 0 Å². The first kappa shape index (κ1) is 32.5. The highest BCUT2D eigenvalue weighted by molar-refractivity contribution is 5.96. The SMILES string of the molecule is CCc1nccn1CCC(=O)N1CC[C@@H]2Oc3ccc(c(OC)c3)CNC(=O)COc3cccc(c3)-c3ccc(F)c(c3)C(=O)N[C@@H]2C1. The van der Waals surface area contributed by atoms with Gasteiger partial charge in [-0.15, -0.1) is 0 Å². The largest absolute Gasteiger partial charge is 0.496 e. The minimum absolute atomic E-state index is 0.0618. The number of rotatable bonds is 5. The number of nitrogens with zero attached hydrogens (tertiary/aromatic N) is 3. The smallest absolute Gasteiger partial charge is 0.258 e. The molecule has 6 bridgehead atoms. The summed E-state index contributed by atoms with van der Waals surface area (Å²) >= 11 is 0. The zero-order valence-electron chi connectivity index (χ0n) is 26.9. The molecule has 4 heterocycles. The molecule has 1 aromatic heterocycles. The van der Waals surface area contributed by atoms with Gasteiger partial charge in [0.15, 0.2) is 6.61 Å². The Morgan fingerprint density at radius 2 is 1.94 bits per heavy atom. The van der Waals surface area contributed by atoms with Gasteiger partial charge in [0, 0.05) is 69.5 Å². The fourth-order valence-electron chi connectivity index (χ4n) is 6.07. The van der Waals surface area contributed by atoms with Crippen molar-refractivity contribution in [2.75, 3.05) is 26.8 Å². The number of benzene rings is 3. The molecule has 11 nitrogen and oxygen atoms in total. The van der Waals surface area contributed by atoms with Crippen LogP contribution in [0.1, 0.15) is 41.5 Å². The number of imidazole rings is 1. The van der Waals surface area contributed by atoms with Crippen LogP contribution in [0.2, 0.25) is 0 Å². The lowest BCUT2D eigenvalue weighted by molar-refractivity contribution is -0.134. The van der Waals surface area contributed by atoms with Crippen LogP contribution in [0.3, 0.4) is 0 Å². The van der Waals surface area contributed by atoms with Gasteiger partial charge in [0.2, 0.25) is 5.91 Å². The molecule has 0 aliphatic carbocycles. The number of methoxy groups -OCH3 is 1. The van der Waals surface area contributed by atoms with Crippen molar-refractivity contribution in [3.63, 3.8) is 0 Å². The van der Waals surface area contributed by atoms with Gasteiger partial charge in [0.05, 0.1) is 18.7 Å². The van der Waals surface area contributed by atoms with Gasteiger partial charge in [-0.1, -0.05) is 25.1 Å². The molecule has 3 aliphatic rings. The van der Waals surface area contributed by atoms with Gasteiger partial charge in [0.25, 0.3) is 11.8 Å². The average Bonchev–Trinajstić information content (AvgIpc) is 3.57. The van der Waals surface area contributed by atoms with Crippen molar-refractivity contribution in [3.8, 4) is 28.4 Å². The second-order valence-corrected chi connectivity index (χ2v) is 11.8. The number of amides is 3. The van der Waals surface area contributed by atoms with Crippen molar-refractivity contribution in [2.45, 2.75) is 51.4 Å². The van der Waals surface area contributed by atoms with Crippen LogP contribution >= 0.6 is 0 Å². The van der Waals surface area contributed by atoms with Gasteiger partial charge in [0.1, 0.15) is 35.0 Å². The van der Waals surface area contributed by atoms with Gasteiger partial charge >= 0.3 is 0 Å². The number of halogens is 1. The third-order valence-electron chi connectivity index (χ3n) is 8.67. The highest BCUT2D eigenvalue weighted by Crippen LogP contribution is 2.29. The maximum absolute atomic E-state index is 15.2. The Labute approximate surface area is 278 Å². The highest BCUT2D eigenvalue weighted by atomic mass is 19.1. The van der Waals surface area contributed by atoms with E-state index in [1.165, 1.54) is 19.2 Å². The number of nitrogens with one attached hydrogen (secondary N) is 2. The number of aryl methyl sites for hydroxylation is 2. The van der Waals surface area contributed by atoms with Crippen molar-refractivity contribution in [1.82, 2.24) is 25.1 Å². The van der Waals surface area contributed by atoms with Crippen LogP contribution in [0.25, 0.3) is 11.1 Å². The average molecular weight is 656 g/mol. The molecule has 3 aliphatic heterocycles. The molecular weight excluding hydrogens is 617 g/mol. The molecule has 48 heavy (non-hydrogen) atoms. The second kappa shape index (κ2) is 14.6. The van der Waals surface area contributed by atoms with Crippen LogP contribution in [-0.4, -0.2) is 71.1 Å². The standard InChI is InChI=1S/C36H38FN5O6/c1-3-33-38-13-16-41(33)15-12-35(44)42-14-11-31-30(21-42)40-36(45)28-18-24(8-10-29(28)37)23-5-4-6-26(17-23)47-22-34(43)39-20-25-7-9-27(48-31)19-32(25)46-2/h4-10,13,16-19,30-31H,3,11-12,14-15,20-22H2,1-2H3,(H,39,43)(H,40,45)/t30-,31+/m1/s1. The third kappa shape index (κ3) is 7.43. The Morgan fingerprint density at radius 3 is 2.77 bits per heavy atom. The summed E-state index contributed by atoms with van der Waals surface area (Å²) in [5.41, 5.74) is 1.86. The number of hydrogen-bond acceptors (Lipinski definition) is 7. The molecule has 250 valence electrons. The second-order valence-electron chi connectivity index (χ2n) is 11.8. The Balaban J connectivity index is 1.30. The number of ether oxygens (including phenoxy) is 3. The van der Waals surface area contributed by atoms with E-state index in [4.69, 9.17) is 14.2 Å². The van der Waals surface area contributed by atoms with Crippen LogP contribution in [0.15, 0.2) is 73.1 Å². The van der Waals surface area contributed by atoms with Gasteiger partial charge in [-0.05, 0) is 47.5 Å². The van der Waals surface area contributed by atoms with E-state index in [0.717, 1.165) is 17.8 Å². The zero-order valence-corrected chi connectivity index (χ0v) is 26.9. The molecule has 7 rings (SSSR count). The van der Waals surface area contributed by atoms with Crippen molar-refractivity contribution >= 4 is 17.7 Å². The summed E-state index contributed by atoms with van der Waals surface area (Å²) in [6.45, 7) is 3.11. The Kier molecular flexibility index (Phi) is 9.88. The van der Waals surface area contributed by atoms with E-state index in [1.807, 2.05) is 23.8 Å². The number of piperidine rings is 1. The monoisotopic (exact) mass is 655 g/mol. The summed E-state index contributed by atoms with van der Waals surface area (Å²) < 4.78 is 34.9. The first-order valence-corrected chi connectivity index (χ1v) is 16.0. The van der Waals surface area contributed by atoms with E-state index >= 15 is 4.39 Å². The number of carbonyl (C=O) groups is 3. The summed E-state index contributed by atoms with van der Waals surface area (Å²) in [4.78, 5) is 45.8. The summed E-state index contributed by atoms with van der Waals surface area (Å²) in [6, 6.07) is 16.0. The van der Waals surface area contributed by atoms with E-state index < -0.39 is 23.9 Å². The normalized spacial score (nSPS) is 18.1. The van der Waals surface area contributed by atoms with Crippen LogP contribution in [0.4, 0.5) is 4.39 Å². The maximum atomic E-state index is 15.2. The van der Waals surface area contributed by atoms with E-state index in [1.54, 1.807) is 53.6 Å². The number of fused-ring (bicyclic) bond motifs is 7. The molecule has 4 aromatic rings. The topological polar surface area (TPSA) is 124 Å². The number of carbonyl (C=O) groups excluding carboxylic acids is 3. The molecule has 3 amide bonds. The molecule has 1 saturated heterocycles. The quantitative estimate of drug-likeness (QED) is 0.331. The van der Waals surface area contributed by atoms with Crippen LogP contribution in [0.5, 0.6) is 17.2 Å². The molecule has 3 aromatic carbocycles. The summed E-state index contributed by atoms with van der Waals surface area (Å²) in [5.74, 6) is 0.656. The summed E-state index contributed by atoms with van der Waals surface area (Å²) in [7, 11) is 1.53. The predicted octanol–water partition coefficient (Wildman–Crippen LogP) is 4.14. The van der Waals surface area contributed by atoms with Gasteiger partial charge < -0.3 is 34.3 Å². The van der Waals surface area contributed by atoms with E-state index in [0.29, 0.717) is 47.9 Å². The minimum atomic E-state index is -0.684. The van der Waals surface area contributed by atoms with Gasteiger partial charge in [-0.25, -0.2) is 9.37 Å². The predicted molar refractivity (Wildman–Crippen MR) is 175 cm³/mol. The molecule has 1 fully saturated rings. The van der Waals surface area contributed by atoms with E-state index in [2.05, 4.69) is 15.6 Å². The lowest BCUT2D eigenvalue weighted by Gasteiger charge is -2.39. The van der Waals surface area contributed by atoms with E-state index in [-0.39, 0.29) is 43.5 Å². The molecule has 0 radical (unpaired) electrons. The van der Waals surface area contributed by atoms with Crippen LogP contribution in [0, 0.1) is 5.82 Å². The third-order valence-corrected chi connectivity index (χ3v) is 8.67. The fraction of sp³-hybridized carbons (Fsp3) is 0.333. The number of hydrogen-bond donors (Lipinski definition) is 2. The first-order valence-electron chi connectivity index (χ1n) is 16.0. The fourth-order valence-corrected chi connectivity index (χ4v) is 6.07. The highest BCUT2D eigenvalue weighted by Gasteiger charge is 2.35. The molecule has 0 spiro atoms. The zero-order chi connectivity index (χ0) is 33.6. The Bertz CT molecular complexity index is 1810. The van der Waals surface area contributed by atoms with Gasteiger partial charge in [-0.2, -0.15) is 0 Å². The molecular formula is C36H38FN5O6. The maximum Gasteiger partial charge on any atom is 0.258 e. The Hall–Kier alpha value is -5.39. The molecule has 12 heteroatoms. The van der Waals surface area contributed by atoms with Crippen LogP contribution in [-0.2, 0) is 29.1 Å². The number of aromatic nitrogens is 2. The molecule has 2 atom stereocenters. The lowest BCUT2D eigenvalue weighted by atomic mass is 9.99. The van der Waals surface area contributed by atoms with Crippen molar-refractivity contribution < 1.29 is 33.0 Å². The van der Waals surface area contributed by atoms with Crippen molar-refractivity contribution in [1.29, 1.82) is 0 Å². The van der Waals surface area contributed by atoms with E-state index in [9.17, 15) is 14.4 Å². The summed E-state index contributed by atoms with van der Waals surface area (Å²) in [6.07, 6.45) is 4.51. The number of likely N-dealkylation sites (tertiary alicyclic amines) is 1. The van der Waals surface area contributed by atoms with Gasteiger partial charge in [-0.3, -0.25) is 14.4 Å². The first-order chi connectivity index (χ1) is 23.3. The summed E-state index contributed by atoms with van der Waals surface area (Å²) in [5, 5.41) is 5.83. The molecule has 0 unspecified atom stereocenters. The van der Waals surface area contributed by atoms with Crippen molar-refractivity contribution in [3.05, 3.63) is 95.8 Å². The minimum Gasteiger partial charge on any atom is -0.496 e.